The highest BCUT2D eigenvalue weighted by Crippen LogP contribution is 2.26. The topological polar surface area (TPSA) is 44.4 Å². The van der Waals surface area contributed by atoms with Crippen LogP contribution in [-0.2, 0) is 4.79 Å². The Morgan fingerprint density at radius 2 is 2.06 bits per heavy atom. The number of rotatable bonds is 2. The van der Waals surface area contributed by atoms with E-state index in [0.717, 1.165) is 19.6 Å². The van der Waals surface area contributed by atoms with Gasteiger partial charge in [0.1, 0.15) is 0 Å². The molecule has 0 radical (unpaired) electrons. The van der Waals surface area contributed by atoms with Gasteiger partial charge in [-0.15, -0.1) is 0 Å². The second-order valence-electron chi connectivity index (χ2n) is 4.89. The third-order valence-electron chi connectivity index (χ3n) is 3.42. The number of aryl methyl sites for hydroxylation is 2. The molecule has 0 aliphatic carbocycles. The number of hydrazine groups is 1. The molecule has 1 heterocycles. The molecule has 1 aliphatic rings. The number of nitrogens with zero attached hydrogens (tertiary/aromatic N) is 1. The Labute approximate surface area is 108 Å². The Balaban J connectivity index is 2.30. The van der Waals surface area contributed by atoms with Crippen LogP contribution in [0, 0.1) is 13.8 Å². The van der Waals surface area contributed by atoms with Crippen LogP contribution in [0.15, 0.2) is 18.2 Å². The Morgan fingerprint density at radius 3 is 2.67 bits per heavy atom. The molecule has 98 valence electrons. The lowest BCUT2D eigenvalue weighted by molar-refractivity contribution is -0.125. The van der Waals surface area contributed by atoms with E-state index in [2.05, 4.69) is 42.8 Å². The summed E-state index contributed by atoms with van der Waals surface area (Å²) in [6.07, 6.45) is 0. The Bertz CT molecular complexity index is 424. The molecular formula is C14H21N3O. The minimum atomic E-state index is -0.00635. The molecule has 1 unspecified atom stereocenters. The van der Waals surface area contributed by atoms with Gasteiger partial charge in [0.05, 0.1) is 6.04 Å². The van der Waals surface area contributed by atoms with Crippen LogP contribution in [0.1, 0.15) is 29.7 Å². The average Bonchev–Trinajstić information content (AvgIpc) is 2.30. The van der Waals surface area contributed by atoms with Crippen molar-refractivity contribution in [1.29, 1.82) is 0 Å². The summed E-state index contributed by atoms with van der Waals surface area (Å²) in [6.45, 7) is 8.42. The van der Waals surface area contributed by atoms with Crippen LogP contribution in [0.3, 0.4) is 0 Å². The number of nitrogens with one attached hydrogen (secondary N) is 2. The lowest BCUT2D eigenvalue weighted by Gasteiger charge is -2.37. The van der Waals surface area contributed by atoms with Gasteiger partial charge in [-0.1, -0.05) is 18.2 Å². The molecule has 1 fully saturated rings. The molecule has 1 saturated heterocycles. The maximum atomic E-state index is 11.3. The highest BCUT2D eigenvalue weighted by atomic mass is 16.2. The van der Waals surface area contributed by atoms with E-state index in [1.54, 1.807) is 6.92 Å². The largest absolute Gasteiger partial charge is 0.313 e. The lowest BCUT2D eigenvalue weighted by Crippen LogP contribution is -2.53. The van der Waals surface area contributed by atoms with Gasteiger partial charge in [-0.05, 0) is 30.5 Å². The van der Waals surface area contributed by atoms with Crippen LogP contribution < -0.4 is 10.7 Å². The zero-order valence-electron chi connectivity index (χ0n) is 11.3. The molecular weight excluding hydrogens is 226 g/mol. The molecule has 0 bridgehead atoms. The SMILES string of the molecule is CC(=O)NN1CCNCC1c1c(C)cccc1C. The molecule has 1 aliphatic heterocycles. The standard InChI is InChI=1S/C14H21N3O/c1-10-5-4-6-11(2)14(10)13-9-15-7-8-17(13)16-12(3)18/h4-6,13,15H,7-9H2,1-3H3,(H,16,18). The Hall–Kier alpha value is -1.39. The summed E-state index contributed by atoms with van der Waals surface area (Å²) in [7, 11) is 0. The van der Waals surface area contributed by atoms with Gasteiger partial charge in [-0.2, -0.15) is 0 Å². The number of hydrogen-bond donors (Lipinski definition) is 2. The molecule has 0 spiro atoms. The van der Waals surface area contributed by atoms with Crippen molar-refractivity contribution >= 4 is 5.91 Å². The minimum absolute atomic E-state index is 0.00635. The number of piperazine rings is 1. The van der Waals surface area contributed by atoms with Crippen molar-refractivity contribution in [3.8, 4) is 0 Å². The van der Waals surface area contributed by atoms with Crippen LogP contribution in [0.4, 0.5) is 0 Å². The van der Waals surface area contributed by atoms with E-state index in [0.29, 0.717) is 0 Å². The average molecular weight is 247 g/mol. The summed E-state index contributed by atoms with van der Waals surface area (Å²) in [5.74, 6) is -0.00635. The lowest BCUT2D eigenvalue weighted by atomic mass is 9.95. The van der Waals surface area contributed by atoms with Crippen LogP contribution in [0.25, 0.3) is 0 Å². The van der Waals surface area contributed by atoms with Crippen molar-refractivity contribution in [2.75, 3.05) is 19.6 Å². The third kappa shape index (κ3) is 2.71. The van der Waals surface area contributed by atoms with E-state index >= 15 is 0 Å². The number of benzene rings is 1. The summed E-state index contributed by atoms with van der Waals surface area (Å²) in [6, 6.07) is 6.54. The van der Waals surface area contributed by atoms with Crippen LogP contribution in [-0.4, -0.2) is 30.6 Å². The van der Waals surface area contributed by atoms with Crippen LogP contribution in [0.5, 0.6) is 0 Å². The summed E-state index contributed by atoms with van der Waals surface area (Å²) in [5, 5.41) is 5.45. The van der Waals surface area contributed by atoms with Crippen LogP contribution in [0.2, 0.25) is 0 Å². The molecule has 0 aromatic heterocycles. The number of amides is 1. The first kappa shape index (κ1) is 13.1. The highest BCUT2D eigenvalue weighted by Gasteiger charge is 2.26. The molecule has 2 rings (SSSR count). The quantitative estimate of drug-likeness (QED) is 0.828. The second-order valence-corrected chi connectivity index (χ2v) is 4.89. The van der Waals surface area contributed by atoms with E-state index in [4.69, 9.17) is 0 Å². The molecule has 1 atom stereocenters. The van der Waals surface area contributed by atoms with E-state index in [1.165, 1.54) is 16.7 Å². The number of hydrogen-bond acceptors (Lipinski definition) is 3. The van der Waals surface area contributed by atoms with Crippen molar-refractivity contribution < 1.29 is 4.79 Å². The number of carbonyl (C=O) groups excluding carboxylic acids is 1. The molecule has 1 amide bonds. The van der Waals surface area contributed by atoms with Gasteiger partial charge in [0, 0.05) is 26.6 Å². The van der Waals surface area contributed by atoms with Crippen molar-refractivity contribution in [3.63, 3.8) is 0 Å². The summed E-state index contributed by atoms with van der Waals surface area (Å²) >= 11 is 0. The van der Waals surface area contributed by atoms with Crippen molar-refractivity contribution in [3.05, 3.63) is 34.9 Å². The van der Waals surface area contributed by atoms with Gasteiger partial charge in [0.25, 0.3) is 0 Å². The maximum Gasteiger partial charge on any atom is 0.231 e. The normalized spacial score (nSPS) is 20.7. The molecule has 1 aromatic rings. The minimum Gasteiger partial charge on any atom is -0.313 e. The van der Waals surface area contributed by atoms with Crippen LogP contribution >= 0.6 is 0 Å². The van der Waals surface area contributed by atoms with Gasteiger partial charge < -0.3 is 5.32 Å². The van der Waals surface area contributed by atoms with Crippen molar-refractivity contribution in [2.24, 2.45) is 0 Å². The van der Waals surface area contributed by atoms with Gasteiger partial charge in [-0.25, -0.2) is 5.01 Å². The zero-order chi connectivity index (χ0) is 13.1. The maximum absolute atomic E-state index is 11.3. The van der Waals surface area contributed by atoms with E-state index in [9.17, 15) is 4.79 Å². The molecule has 4 heteroatoms. The smallest absolute Gasteiger partial charge is 0.231 e. The monoisotopic (exact) mass is 247 g/mol. The first-order valence-electron chi connectivity index (χ1n) is 6.40. The first-order chi connectivity index (χ1) is 8.59. The van der Waals surface area contributed by atoms with Crippen molar-refractivity contribution in [1.82, 2.24) is 15.8 Å². The van der Waals surface area contributed by atoms with Gasteiger partial charge >= 0.3 is 0 Å². The highest BCUT2D eigenvalue weighted by molar-refractivity contribution is 5.72. The number of carbonyl (C=O) groups is 1. The third-order valence-corrected chi connectivity index (χ3v) is 3.42. The summed E-state index contributed by atoms with van der Waals surface area (Å²) in [4.78, 5) is 11.3. The molecule has 2 N–H and O–H groups in total. The fourth-order valence-corrected chi connectivity index (χ4v) is 2.65. The Morgan fingerprint density at radius 1 is 1.39 bits per heavy atom. The molecule has 1 aromatic carbocycles. The summed E-state index contributed by atoms with van der Waals surface area (Å²) < 4.78 is 0. The van der Waals surface area contributed by atoms with E-state index in [-0.39, 0.29) is 11.9 Å². The van der Waals surface area contributed by atoms with Gasteiger partial charge in [0.2, 0.25) is 5.91 Å². The summed E-state index contributed by atoms with van der Waals surface area (Å²) in [5.41, 5.74) is 6.81. The van der Waals surface area contributed by atoms with E-state index < -0.39 is 0 Å². The van der Waals surface area contributed by atoms with Crippen molar-refractivity contribution in [2.45, 2.75) is 26.8 Å². The molecule has 18 heavy (non-hydrogen) atoms. The fourth-order valence-electron chi connectivity index (χ4n) is 2.65. The second kappa shape index (κ2) is 5.50. The van der Waals surface area contributed by atoms with E-state index in [1.807, 2.05) is 5.01 Å². The predicted molar refractivity (Wildman–Crippen MR) is 72.0 cm³/mol. The van der Waals surface area contributed by atoms with Gasteiger partial charge in [-0.3, -0.25) is 10.2 Å². The zero-order valence-corrected chi connectivity index (χ0v) is 11.3. The Kier molecular flexibility index (Phi) is 3.99. The molecule has 0 saturated carbocycles. The fraction of sp³-hybridized carbons (Fsp3) is 0.500. The van der Waals surface area contributed by atoms with Gasteiger partial charge in [0.15, 0.2) is 0 Å². The first-order valence-corrected chi connectivity index (χ1v) is 6.40. The molecule has 4 nitrogen and oxygen atoms in total. The predicted octanol–water partition coefficient (Wildman–Crippen LogP) is 1.30.